The zero-order valence-corrected chi connectivity index (χ0v) is 29.6. The molecule has 0 saturated carbocycles. The topological polar surface area (TPSA) is 147 Å². The van der Waals surface area contributed by atoms with E-state index in [-0.39, 0.29) is 42.2 Å². The molecule has 4 rings (SSSR count). The number of amides is 3. The maximum atomic E-state index is 14.4. The Morgan fingerprint density at radius 2 is 1.73 bits per heavy atom. The molecule has 1 heterocycles. The first-order chi connectivity index (χ1) is 23.4. The molecule has 266 valence electrons. The van der Waals surface area contributed by atoms with Crippen LogP contribution in [0.4, 0.5) is 16.2 Å². The summed E-state index contributed by atoms with van der Waals surface area (Å²) in [6.07, 6.45) is 1.42. The standard InChI is InChI=1S/C36H48N4O8S/c1-25-22-40(26(2)24-41)35(42)32-21-29(38-36(43)37-28-12-7-6-8-13-28)14-19-33(32)48-27(3)11-9-10-20-47-34(25)23-39(4)49(44,45)31-17-15-30(46-5)16-18-31/h6-8,12-19,21,25-27,34,41H,9-11,20,22-24H2,1-5H3,(H2,37,38,43)/t25-,26+,27-,34-/m1/s1. The Hall–Kier alpha value is -4.17. The number of ether oxygens (including phenoxy) is 3. The van der Waals surface area contributed by atoms with Gasteiger partial charge in [0.2, 0.25) is 10.0 Å². The molecule has 0 fully saturated rings. The summed E-state index contributed by atoms with van der Waals surface area (Å²) in [6.45, 7) is 5.87. The van der Waals surface area contributed by atoms with Crippen molar-refractivity contribution in [1.29, 1.82) is 0 Å². The Bertz CT molecular complexity index is 1640. The number of aliphatic hydroxyl groups is 1. The summed E-state index contributed by atoms with van der Waals surface area (Å²) in [6, 6.07) is 19.1. The Morgan fingerprint density at radius 1 is 1.04 bits per heavy atom. The van der Waals surface area contributed by atoms with E-state index >= 15 is 0 Å². The molecule has 4 atom stereocenters. The zero-order chi connectivity index (χ0) is 35.6. The molecule has 0 saturated heterocycles. The lowest BCUT2D eigenvalue weighted by atomic mass is 10.0. The highest BCUT2D eigenvalue weighted by Gasteiger charge is 2.32. The number of carbonyl (C=O) groups is 2. The second kappa shape index (κ2) is 17.5. The van der Waals surface area contributed by atoms with Crippen LogP contribution in [-0.2, 0) is 14.8 Å². The molecule has 49 heavy (non-hydrogen) atoms. The second-order valence-corrected chi connectivity index (χ2v) is 14.5. The van der Waals surface area contributed by atoms with E-state index in [4.69, 9.17) is 14.2 Å². The predicted octanol–water partition coefficient (Wildman–Crippen LogP) is 5.46. The van der Waals surface area contributed by atoms with Gasteiger partial charge in [-0.15, -0.1) is 0 Å². The van der Waals surface area contributed by atoms with Crippen molar-refractivity contribution in [3.05, 3.63) is 78.4 Å². The van der Waals surface area contributed by atoms with Gasteiger partial charge in [-0.25, -0.2) is 13.2 Å². The van der Waals surface area contributed by atoms with Crippen molar-refractivity contribution in [2.75, 3.05) is 51.1 Å². The highest BCUT2D eigenvalue weighted by molar-refractivity contribution is 7.89. The van der Waals surface area contributed by atoms with Crippen LogP contribution >= 0.6 is 0 Å². The first-order valence-corrected chi connectivity index (χ1v) is 17.9. The van der Waals surface area contributed by atoms with Gasteiger partial charge in [-0.05, 0) is 87.7 Å². The first-order valence-electron chi connectivity index (χ1n) is 16.5. The number of nitrogens with one attached hydrogen (secondary N) is 2. The van der Waals surface area contributed by atoms with Crippen LogP contribution in [0.3, 0.4) is 0 Å². The molecular formula is C36H48N4O8S. The Labute approximate surface area is 289 Å². The van der Waals surface area contributed by atoms with E-state index in [1.54, 1.807) is 54.3 Å². The summed E-state index contributed by atoms with van der Waals surface area (Å²) in [5.41, 5.74) is 1.22. The monoisotopic (exact) mass is 696 g/mol. The van der Waals surface area contributed by atoms with Crippen molar-refractivity contribution < 1.29 is 37.3 Å². The number of carbonyl (C=O) groups excluding carboxylic acids is 2. The van der Waals surface area contributed by atoms with Crippen molar-refractivity contribution in [2.24, 2.45) is 5.92 Å². The lowest BCUT2D eigenvalue weighted by molar-refractivity contribution is -0.00834. The molecule has 0 spiro atoms. The lowest BCUT2D eigenvalue weighted by Gasteiger charge is -2.35. The Morgan fingerprint density at radius 3 is 2.41 bits per heavy atom. The van der Waals surface area contributed by atoms with Gasteiger partial charge in [0.15, 0.2) is 0 Å². The van der Waals surface area contributed by atoms with E-state index in [1.807, 2.05) is 32.0 Å². The fourth-order valence-corrected chi connectivity index (χ4v) is 6.74. The third kappa shape index (κ3) is 10.2. The average Bonchev–Trinajstić information content (AvgIpc) is 3.09. The predicted molar refractivity (Wildman–Crippen MR) is 189 cm³/mol. The van der Waals surface area contributed by atoms with Crippen LogP contribution in [0.1, 0.15) is 50.4 Å². The maximum Gasteiger partial charge on any atom is 0.323 e. The number of hydrogen-bond acceptors (Lipinski definition) is 8. The average molecular weight is 697 g/mol. The normalized spacial score (nSPS) is 20.0. The molecule has 3 N–H and O–H groups in total. The number of nitrogens with zero attached hydrogens (tertiary/aromatic N) is 2. The molecule has 13 heteroatoms. The van der Waals surface area contributed by atoms with E-state index < -0.39 is 34.1 Å². The van der Waals surface area contributed by atoms with Crippen LogP contribution in [0, 0.1) is 5.92 Å². The number of methoxy groups -OCH3 is 1. The van der Waals surface area contributed by atoms with Gasteiger partial charge >= 0.3 is 6.03 Å². The number of urea groups is 1. The molecule has 0 aromatic heterocycles. The van der Waals surface area contributed by atoms with Crippen LogP contribution in [0.2, 0.25) is 0 Å². The Balaban J connectivity index is 1.62. The quantitative estimate of drug-likeness (QED) is 0.268. The minimum atomic E-state index is -3.85. The number of hydrogen-bond donors (Lipinski definition) is 3. The number of fused-ring (bicyclic) bond motifs is 1. The summed E-state index contributed by atoms with van der Waals surface area (Å²) in [5, 5.41) is 15.8. The number of para-hydroxylation sites is 1. The summed E-state index contributed by atoms with van der Waals surface area (Å²) in [5.74, 6) is 0.171. The summed E-state index contributed by atoms with van der Waals surface area (Å²) in [4.78, 5) is 28.8. The third-order valence-electron chi connectivity index (χ3n) is 8.55. The Kier molecular flexibility index (Phi) is 13.4. The van der Waals surface area contributed by atoms with Gasteiger partial charge in [0.25, 0.3) is 5.91 Å². The summed E-state index contributed by atoms with van der Waals surface area (Å²) < 4.78 is 46.1. The van der Waals surface area contributed by atoms with Gasteiger partial charge in [0, 0.05) is 44.0 Å². The van der Waals surface area contributed by atoms with E-state index in [2.05, 4.69) is 10.6 Å². The van der Waals surface area contributed by atoms with Crippen LogP contribution in [0.25, 0.3) is 0 Å². The van der Waals surface area contributed by atoms with Crippen LogP contribution < -0.4 is 20.1 Å². The number of sulfonamides is 1. The van der Waals surface area contributed by atoms with Crippen molar-refractivity contribution in [3.8, 4) is 11.5 Å². The summed E-state index contributed by atoms with van der Waals surface area (Å²) in [7, 11) is -0.827. The molecule has 0 radical (unpaired) electrons. The van der Waals surface area contributed by atoms with Crippen molar-refractivity contribution >= 4 is 33.3 Å². The minimum Gasteiger partial charge on any atom is -0.497 e. The van der Waals surface area contributed by atoms with Crippen molar-refractivity contribution in [3.63, 3.8) is 0 Å². The van der Waals surface area contributed by atoms with Crippen molar-refractivity contribution in [2.45, 2.75) is 63.2 Å². The highest BCUT2D eigenvalue weighted by atomic mass is 32.2. The van der Waals surface area contributed by atoms with Gasteiger partial charge < -0.3 is 34.9 Å². The molecule has 3 aromatic carbocycles. The van der Waals surface area contributed by atoms with Gasteiger partial charge in [0.1, 0.15) is 11.5 Å². The van der Waals surface area contributed by atoms with Gasteiger partial charge in [-0.2, -0.15) is 4.31 Å². The molecule has 0 unspecified atom stereocenters. The van der Waals surface area contributed by atoms with Crippen molar-refractivity contribution in [1.82, 2.24) is 9.21 Å². The zero-order valence-electron chi connectivity index (χ0n) is 28.8. The van der Waals surface area contributed by atoms with E-state index in [0.29, 0.717) is 35.9 Å². The van der Waals surface area contributed by atoms with E-state index in [0.717, 1.165) is 12.8 Å². The maximum absolute atomic E-state index is 14.4. The number of anilines is 2. The fourth-order valence-electron chi connectivity index (χ4n) is 5.56. The molecule has 1 aliphatic rings. The smallest absolute Gasteiger partial charge is 0.323 e. The number of benzene rings is 3. The molecule has 3 aromatic rings. The highest BCUT2D eigenvalue weighted by Crippen LogP contribution is 2.29. The third-order valence-corrected chi connectivity index (χ3v) is 10.4. The van der Waals surface area contributed by atoms with Gasteiger partial charge in [-0.3, -0.25) is 4.79 Å². The molecule has 0 aliphatic carbocycles. The number of aliphatic hydroxyl groups excluding tert-OH is 1. The molecule has 1 aliphatic heterocycles. The number of likely N-dealkylation sites (N-methyl/N-ethyl adjacent to an activating group) is 1. The minimum absolute atomic E-state index is 0.0474. The second-order valence-electron chi connectivity index (χ2n) is 12.4. The SMILES string of the molecule is COc1ccc(S(=O)(=O)N(C)C[C@H]2OCCCC[C@@H](C)Oc3ccc(NC(=O)Nc4ccccc4)cc3C(=O)N([C@@H](C)CO)C[C@H]2C)cc1. The van der Waals surface area contributed by atoms with Crippen LogP contribution in [0.15, 0.2) is 77.7 Å². The largest absolute Gasteiger partial charge is 0.497 e. The van der Waals surface area contributed by atoms with Crippen LogP contribution in [0.5, 0.6) is 11.5 Å². The summed E-state index contributed by atoms with van der Waals surface area (Å²) >= 11 is 0. The molecule has 3 amide bonds. The van der Waals surface area contributed by atoms with E-state index in [9.17, 15) is 23.1 Å². The first kappa shape index (κ1) is 37.6. The van der Waals surface area contributed by atoms with E-state index in [1.165, 1.54) is 30.6 Å². The lowest BCUT2D eigenvalue weighted by Crippen LogP contribution is -2.48. The molecule has 12 nitrogen and oxygen atoms in total. The molecule has 0 bridgehead atoms. The number of rotatable bonds is 9. The van der Waals surface area contributed by atoms with Gasteiger partial charge in [0.05, 0.1) is 42.4 Å². The van der Waals surface area contributed by atoms with Gasteiger partial charge in [-0.1, -0.05) is 25.1 Å². The molecular weight excluding hydrogens is 648 g/mol. The fraction of sp³-hybridized carbons (Fsp3) is 0.444. The van der Waals surface area contributed by atoms with Crippen LogP contribution in [-0.4, -0.2) is 93.4 Å².